The van der Waals surface area contributed by atoms with Gasteiger partial charge in [-0.3, -0.25) is 4.90 Å². The summed E-state index contributed by atoms with van der Waals surface area (Å²) in [6, 6.07) is 6.12. The van der Waals surface area contributed by atoms with E-state index in [1.807, 2.05) is 18.2 Å². The summed E-state index contributed by atoms with van der Waals surface area (Å²) in [5.74, 6) is 0.847. The Balaban J connectivity index is 0.00000242. The van der Waals surface area contributed by atoms with Crippen molar-refractivity contribution in [1.29, 1.82) is 0 Å². The normalized spacial score (nSPS) is 15.9. The van der Waals surface area contributed by atoms with Crippen molar-refractivity contribution < 1.29 is 9.84 Å². The third-order valence-corrected chi connectivity index (χ3v) is 3.69. The molecule has 2 rings (SSSR count). The van der Waals surface area contributed by atoms with Crippen LogP contribution in [0.1, 0.15) is 11.1 Å². The van der Waals surface area contributed by atoms with Gasteiger partial charge < -0.3 is 15.2 Å². The Morgan fingerprint density at radius 1 is 1.35 bits per heavy atom. The first-order valence-electron chi connectivity index (χ1n) is 7.63. The van der Waals surface area contributed by atoms with E-state index in [2.05, 4.69) is 29.8 Å². The highest BCUT2D eigenvalue weighted by Gasteiger charge is 2.15. The molecule has 1 aromatic rings. The number of allylic oxidation sites excluding steroid dienone is 1. The van der Waals surface area contributed by atoms with Crippen molar-refractivity contribution in [3.8, 4) is 5.75 Å². The van der Waals surface area contributed by atoms with Crippen molar-refractivity contribution in [2.24, 2.45) is 0 Å². The Labute approximate surface area is 151 Å². The molecule has 132 valence electrons. The lowest BCUT2D eigenvalue weighted by molar-refractivity contribution is 0.0638. The standard InChI is InChI=1S/C17H26N2O2.2ClH/c1-3-4-15-11-14(2)5-6-17(15)21-13-16(20)12-19-9-7-18-8-10-19;;/h3,5-6,11,16,18,20H,1,4,7-10,12-13H2,2H3;2*1H. The molecule has 23 heavy (non-hydrogen) atoms. The van der Waals surface area contributed by atoms with Crippen molar-refractivity contribution in [1.82, 2.24) is 10.2 Å². The van der Waals surface area contributed by atoms with Crippen LogP contribution < -0.4 is 10.1 Å². The van der Waals surface area contributed by atoms with Crippen molar-refractivity contribution in [3.05, 3.63) is 42.0 Å². The minimum atomic E-state index is -0.457. The molecule has 0 saturated carbocycles. The number of β-amino-alcohol motifs (C(OH)–C–C–N with tert-alkyl or cyclic N) is 1. The van der Waals surface area contributed by atoms with Gasteiger partial charge in [0.25, 0.3) is 0 Å². The third-order valence-electron chi connectivity index (χ3n) is 3.69. The van der Waals surface area contributed by atoms with Crippen LogP contribution in [0.2, 0.25) is 0 Å². The average Bonchev–Trinajstić information content (AvgIpc) is 2.48. The van der Waals surface area contributed by atoms with Crippen molar-refractivity contribution in [3.63, 3.8) is 0 Å². The fourth-order valence-corrected chi connectivity index (χ4v) is 2.59. The highest BCUT2D eigenvalue weighted by Crippen LogP contribution is 2.21. The molecule has 0 aliphatic carbocycles. The van der Waals surface area contributed by atoms with Crippen LogP contribution in [0.4, 0.5) is 0 Å². The molecular formula is C17H28Cl2N2O2. The van der Waals surface area contributed by atoms with Crippen molar-refractivity contribution in [2.75, 3.05) is 39.3 Å². The average molecular weight is 363 g/mol. The van der Waals surface area contributed by atoms with E-state index < -0.39 is 6.10 Å². The number of ether oxygens (including phenoxy) is 1. The zero-order valence-electron chi connectivity index (χ0n) is 13.7. The lowest BCUT2D eigenvalue weighted by Crippen LogP contribution is -2.47. The molecule has 2 N–H and O–H groups in total. The van der Waals surface area contributed by atoms with Gasteiger partial charge >= 0.3 is 0 Å². The Morgan fingerprint density at radius 3 is 2.70 bits per heavy atom. The second-order valence-electron chi connectivity index (χ2n) is 5.62. The number of nitrogens with one attached hydrogen (secondary N) is 1. The minimum Gasteiger partial charge on any atom is -0.491 e. The summed E-state index contributed by atoms with van der Waals surface area (Å²) in [5, 5.41) is 13.4. The van der Waals surface area contributed by atoms with Gasteiger partial charge in [-0.25, -0.2) is 0 Å². The molecule has 6 heteroatoms. The Kier molecular flexibility index (Phi) is 11.3. The number of aliphatic hydroxyl groups excluding tert-OH is 1. The summed E-state index contributed by atoms with van der Waals surface area (Å²) in [6.45, 7) is 10.8. The van der Waals surface area contributed by atoms with Gasteiger partial charge in [0.15, 0.2) is 0 Å². The van der Waals surface area contributed by atoms with Crippen LogP contribution in [0, 0.1) is 6.92 Å². The molecule has 0 radical (unpaired) electrons. The number of hydrogen-bond acceptors (Lipinski definition) is 4. The molecule has 0 bridgehead atoms. The van der Waals surface area contributed by atoms with Gasteiger partial charge in [-0.1, -0.05) is 23.8 Å². The van der Waals surface area contributed by atoms with E-state index >= 15 is 0 Å². The zero-order chi connectivity index (χ0) is 15.1. The van der Waals surface area contributed by atoms with E-state index in [9.17, 15) is 5.11 Å². The molecule has 1 aliphatic heterocycles. The Morgan fingerprint density at radius 2 is 2.04 bits per heavy atom. The summed E-state index contributed by atoms with van der Waals surface area (Å²) in [6.07, 6.45) is 2.20. The first-order chi connectivity index (χ1) is 10.2. The SMILES string of the molecule is C=CCc1cc(C)ccc1OCC(O)CN1CCNCC1.Cl.Cl. The first-order valence-corrected chi connectivity index (χ1v) is 7.63. The Hall–Kier alpha value is -0.780. The molecule has 4 nitrogen and oxygen atoms in total. The number of aliphatic hydroxyl groups is 1. The lowest BCUT2D eigenvalue weighted by Gasteiger charge is -2.29. The molecule has 1 fully saturated rings. The number of piperazine rings is 1. The van der Waals surface area contributed by atoms with Crippen LogP contribution in [0.25, 0.3) is 0 Å². The third kappa shape index (κ3) is 7.55. The van der Waals surface area contributed by atoms with Gasteiger partial charge in [-0.2, -0.15) is 0 Å². The van der Waals surface area contributed by atoms with Crippen LogP contribution in [0.15, 0.2) is 30.9 Å². The molecule has 1 saturated heterocycles. The molecule has 0 amide bonds. The molecule has 1 heterocycles. The van der Waals surface area contributed by atoms with Crippen LogP contribution in [-0.4, -0.2) is 55.4 Å². The monoisotopic (exact) mass is 362 g/mol. The van der Waals surface area contributed by atoms with E-state index in [1.165, 1.54) is 5.56 Å². The van der Waals surface area contributed by atoms with Gasteiger partial charge in [0.1, 0.15) is 18.5 Å². The fraction of sp³-hybridized carbons (Fsp3) is 0.529. The summed E-state index contributed by atoms with van der Waals surface area (Å²) >= 11 is 0. The number of benzene rings is 1. The fourth-order valence-electron chi connectivity index (χ4n) is 2.59. The summed E-state index contributed by atoms with van der Waals surface area (Å²) in [7, 11) is 0. The van der Waals surface area contributed by atoms with E-state index in [4.69, 9.17) is 4.74 Å². The molecule has 0 spiro atoms. The van der Waals surface area contributed by atoms with Crippen LogP contribution in [0.5, 0.6) is 5.75 Å². The quantitative estimate of drug-likeness (QED) is 0.730. The molecule has 1 unspecified atom stereocenters. The number of nitrogens with zero attached hydrogens (tertiary/aromatic N) is 1. The number of halogens is 2. The second-order valence-corrected chi connectivity index (χ2v) is 5.62. The summed E-state index contributed by atoms with van der Waals surface area (Å²) < 4.78 is 5.81. The Bertz CT molecular complexity index is 466. The van der Waals surface area contributed by atoms with Gasteiger partial charge in [0.2, 0.25) is 0 Å². The zero-order valence-corrected chi connectivity index (χ0v) is 15.3. The molecule has 0 aromatic heterocycles. The molecule has 1 aliphatic rings. The highest BCUT2D eigenvalue weighted by atomic mass is 35.5. The predicted molar refractivity (Wildman–Crippen MR) is 100 cm³/mol. The molecule has 1 aromatic carbocycles. The number of hydrogen-bond donors (Lipinski definition) is 2. The maximum Gasteiger partial charge on any atom is 0.122 e. The number of rotatable bonds is 7. The molecule has 1 atom stereocenters. The van der Waals surface area contributed by atoms with Crippen molar-refractivity contribution in [2.45, 2.75) is 19.4 Å². The number of aryl methyl sites for hydroxylation is 1. The first kappa shape index (κ1) is 22.2. The largest absolute Gasteiger partial charge is 0.491 e. The van der Waals surface area contributed by atoms with Gasteiger partial charge in [0.05, 0.1) is 0 Å². The van der Waals surface area contributed by atoms with Gasteiger partial charge in [-0.05, 0) is 25.0 Å². The second kappa shape index (κ2) is 11.7. The summed E-state index contributed by atoms with van der Waals surface area (Å²) in [5.41, 5.74) is 2.33. The minimum absolute atomic E-state index is 0. The van der Waals surface area contributed by atoms with Crippen LogP contribution in [-0.2, 0) is 6.42 Å². The summed E-state index contributed by atoms with van der Waals surface area (Å²) in [4.78, 5) is 2.27. The topological polar surface area (TPSA) is 44.7 Å². The van der Waals surface area contributed by atoms with Gasteiger partial charge in [0, 0.05) is 32.7 Å². The maximum atomic E-state index is 10.1. The van der Waals surface area contributed by atoms with E-state index in [-0.39, 0.29) is 24.8 Å². The van der Waals surface area contributed by atoms with Crippen molar-refractivity contribution >= 4 is 24.8 Å². The van der Waals surface area contributed by atoms with Crippen LogP contribution >= 0.6 is 24.8 Å². The van der Waals surface area contributed by atoms with E-state index in [0.29, 0.717) is 13.2 Å². The predicted octanol–water partition coefficient (Wildman–Crippen LogP) is 2.21. The van der Waals surface area contributed by atoms with E-state index in [1.54, 1.807) is 0 Å². The van der Waals surface area contributed by atoms with Crippen LogP contribution in [0.3, 0.4) is 0 Å². The molecular weight excluding hydrogens is 335 g/mol. The van der Waals surface area contributed by atoms with E-state index in [0.717, 1.165) is 43.9 Å². The maximum absolute atomic E-state index is 10.1. The smallest absolute Gasteiger partial charge is 0.122 e. The lowest BCUT2D eigenvalue weighted by atomic mass is 10.1. The highest BCUT2D eigenvalue weighted by molar-refractivity contribution is 5.85. The van der Waals surface area contributed by atoms with Gasteiger partial charge in [-0.15, -0.1) is 31.4 Å².